The van der Waals surface area contributed by atoms with Crippen LogP contribution in [0.25, 0.3) is 0 Å². The molecule has 0 saturated heterocycles. The number of aromatic nitrogens is 2. The number of halogens is 1. The van der Waals surface area contributed by atoms with Gasteiger partial charge < -0.3 is 5.32 Å². The van der Waals surface area contributed by atoms with Crippen LogP contribution in [0.15, 0.2) is 23.6 Å². The van der Waals surface area contributed by atoms with Crippen molar-refractivity contribution < 1.29 is 0 Å². The first-order valence-electron chi connectivity index (χ1n) is 6.72. The zero-order valence-electron chi connectivity index (χ0n) is 11.3. The molecule has 0 atom stereocenters. The lowest BCUT2D eigenvalue weighted by Gasteiger charge is -2.41. The summed E-state index contributed by atoms with van der Waals surface area (Å²) >= 11 is 6.10. The number of hydrogen-bond donors (Lipinski definition) is 1. The van der Waals surface area contributed by atoms with Gasteiger partial charge in [0.2, 0.25) is 0 Å². The Hall–Kier alpha value is -1.29. The van der Waals surface area contributed by atoms with Crippen molar-refractivity contribution in [2.45, 2.75) is 39.2 Å². The lowest BCUT2D eigenvalue weighted by Crippen LogP contribution is -2.36. The fraction of sp³-hybridized carbons (Fsp3) is 0.571. The Morgan fingerprint density at radius 3 is 2.89 bits per heavy atom. The van der Waals surface area contributed by atoms with Crippen molar-refractivity contribution in [2.75, 3.05) is 11.9 Å². The molecule has 1 aromatic rings. The highest BCUT2D eigenvalue weighted by atomic mass is 35.5. The van der Waals surface area contributed by atoms with Gasteiger partial charge in [-0.15, -0.1) is 6.58 Å². The second-order valence-corrected chi connectivity index (χ2v) is 5.59. The molecule has 1 N–H and O–H groups in total. The molecule has 0 unspecified atom stereocenters. The van der Waals surface area contributed by atoms with Gasteiger partial charge in [0.25, 0.3) is 5.56 Å². The third-order valence-electron chi connectivity index (χ3n) is 4.10. The second kappa shape index (κ2) is 5.78. The Morgan fingerprint density at radius 2 is 2.37 bits per heavy atom. The minimum absolute atomic E-state index is 0.211. The first-order chi connectivity index (χ1) is 9.12. The molecule has 0 aromatic carbocycles. The molecule has 4 nitrogen and oxygen atoms in total. The zero-order valence-corrected chi connectivity index (χ0v) is 12.0. The van der Waals surface area contributed by atoms with Crippen LogP contribution < -0.4 is 10.9 Å². The molecule has 1 aliphatic carbocycles. The van der Waals surface area contributed by atoms with E-state index in [0.29, 0.717) is 17.6 Å². The van der Waals surface area contributed by atoms with Gasteiger partial charge in [0.1, 0.15) is 5.02 Å². The van der Waals surface area contributed by atoms with Crippen molar-refractivity contribution in [2.24, 2.45) is 5.41 Å². The van der Waals surface area contributed by atoms with E-state index in [4.69, 9.17) is 11.6 Å². The van der Waals surface area contributed by atoms with Crippen LogP contribution in [0.5, 0.6) is 0 Å². The maximum atomic E-state index is 11.9. The van der Waals surface area contributed by atoms with Crippen LogP contribution in [0.3, 0.4) is 0 Å². The molecule has 0 radical (unpaired) electrons. The van der Waals surface area contributed by atoms with Gasteiger partial charge in [-0.3, -0.25) is 4.79 Å². The molecule has 1 aromatic heterocycles. The van der Waals surface area contributed by atoms with E-state index in [1.165, 1.54) is 23.9 Å². The number of nitrogens with one attached hydrogen (secondary N) is 1. The maximum absolute atomic E-state index is 11.9. The predicted molar refractivity (Wildman–Crippen MR) is 78.8 cm³/mol. The summed E-state index contributed by atoms with van der Waals surface area (Å²) in [5, 5.41) is 7.58. The molecule has 0 bridgehead atoms. The van der Waals surface area contributed by atoms with Gasteiger partial charge in [-0.05, 0) is 24.7 Å². The highest BCUT2D eigenvalue weighted by Gasteiger charge is 2.34. The molecule has 1 heterocycles. The van der Waals surface area contributed by atoms with E-state index in [9.17, 15) is 4.79 Å². The van der Waals surface area contributed by atoms with Gasteiger partial charge in [0.05, 0.1) is 18.4 Å². The minimum atomic E-state index is -0.272. The molecule has 1 aliphatic rings. The van der Waals surface area contributed by atoms with Gasteiger partial charge in [-0.25, -0.2) is 4.68 Å². The Kier molecular flexibility index (Phi) is 4.30. The average Bonchev–Trinajstić information content (AvgIpc) is 2.37. The Bertz CT molecular complexity index is 514. The monoisotopic (exact) mass is 281 g/mol. The van der Waals surface area contributed by atoms with Crippen LogP contribution in [0.1, 0.15) is 32.6 Å². The maximum Gasteiger partial charge on any atom is 0.287 e. The Morgan fingerprint density at radius 1 is 1.63 bits per heavy atom. The van der Waals surface area contributed by atoms with Crippen LogP contribution in [-0.4, -0.2) is 16.3 Å². The number of rotatable bonds is 6. The fourth-order valence-corrected chi connectivity index (χ4v) is 2.67. The van der Waals surface area contributed by atoms with E-state index in [1.807, 2.05) is 0 Å². The highest BCUT2D eigenvalue weighted by Crippen LogP contribution is 2.43. The molecule has 2 rings (SSSR count). The van der Waals surface area contributed by atoms with Crippen molar-refractivity contribution in [3.63, 3.8) is 0 Å². The van der Waals surface area contributed by atoms with Crippen LogP contribution in [0, 0.1) is 5.41 Å². The number of anilines is 1. The molecule has 0 aliphatic heterocycles. The third kappa shape index (κ3) is 2.84. The molecule has 5 heteroatoms. The summed E-state index contributed by atoms with van der Waals surface area (Å²) in [5.74, 6) is 0. The standard InChI is InChI=1S/C14H20ClN3O/c1-3-8-18-13(19)12(15)11(9-17-18)16-10-14(4-2)6-5-7-14/h3,9,16H,1,4-8,10H2,2H3. The molecule has 104 valence electrons. The fourth-order valence-electron chi connectivity index (χ4n) is 2.46. The number of nitrogens with zero attached hydrogens (tertiary/aromatic N) is 2. The highest BCUT2D eigenvalue weighted by molar-refractivity contribution is 6.32. The van der Waals surface area contributed by atoms with E-state index in [-0.39, 0.29) is 10.6 Å². The Balaban J connectivity index is 2.11. The predicted octanol–water partition coefficient (Wildman–Crippen LogP) is 3.07. The van der Waals surface area contributed by atoms with Crippen LogP contribution >= 0.6 is 11.6 Å². The lowest BCUT2D eigenvalue weighted by atomic mass is 9.67. The van der Waals surface area contributed by atoms with Crippen LogP contribution in [0.4, 0.5) is 5.69 Å². The first-order valence-corrected chi connectivity index (χ1v) is 7.10. The third-order valence-corrected chi connectivity index (χ3v) is 4.47. The van der Waals surface area contributed by atoms with Crippen molar-refractivity contribution in [1.29, 1.82) is 0 Å². The summed E-state index contributed by atoms with van der Waals surface area (Å²) < 4.78 is 1.31. The van der Waals surface area contributed by atoms with E-state index in [1.54, 1.807) is 12.3 Å². The summed E-state index contributed by atoms with van der Waals surface area (Å²) in [7, 11) is 0. The van der Waals surface area contributed by atoms with E-state index in [2.05, 4.69) is 23.9 Å². The molecular weight excluding hydrogens is 262 g/mol. The van der Waals surface area contributed by atoms with Crippen molar-refractivity contribution in [1.82, 2.24) is 9.78 Å². The summed E-state index contributed by atoms with van der Waals surface area (Å²) in [5.41, 5.74) is 0.733. The topological polar surface area (TPSA) is 46.9 Å². The summed E-state index contributed by atoms with van der Waals surface area (Å²) in [6.45, 7) is 7.03. The lowest BCUT2D eigenvalue weighted by molar-refractivity contribution is 0.145. The molecule has 0 spiro atoms. The molecule has 1 saturated carbocycles. The first kappa shape index (κ1) is 14.1. The average molecular weight is 282 g/mol. The van der Waals surface area contributed by atoms with Gasteiger partial charge in [0, 0.05) is 6.54 Å². The van der Waals surface area contributed by atoms with Gasteiger partial charge in [-0.2, -0.15) is 5.10 Å². The second-order valence-electron chi connectivity index (χ2n) is 5.21. The van der Waals surface area contributed by atoms with Crippen molar-refractivity contribution in [3.8, 4) is 0 Å². The largest absolute Gasteiger partial charge is 0.382 e. The van der Waals surface area contributed by atoms with E-state index >= 15 is 0 Å². The molecular formula is C14H20ClN3O. The van der Waals surface area contributed by atoms with Crippen LogP contribution in [-0.2, 0) is 6.54 Å². The summed E-state index contributed by atoms with van der Waals surface area (Å²) in [4.78, 5) is 11.9. The summed E-state index contributed by atoms with van der Waals surface area (Å²) in [6.07, 6.45) is 8.18. The van der Waals surface area contributed by atoms with Gasteiger partial charge >= 0.3 is 0 Å². The Labute approximate surface area is 118 Å². The number of allylic oxidation sites excluding steroid dienone is 1. The quantitative estimate of drug-likeness (QED) is 0.815. The zero-order chi connectivity index (χ0) is 13.9. The minimum Gasteiger partial charge on any atom is -0.382 e. The molecule has 19 heavy (non-hydrogen) atoms. The smallest absolute Gasteiger partial charge is 0.287 e. The van der Waals surface area contributed by atoms with Crippen molar-refractivity contribution in [3.05, 3.63) is 34.2 Å². The molecule has 0 amide bonds. The van der Waals surface area contributed by atoms with Gasteiger partial charge in [0.15, 0.2) is 0 Å². The normalized spacial score (nSPS) is 16.7. The van der Waals surface area contributed by atoms with Gasteiger partial charge in [-0.1, -0.05) is 31.0 Å². The van der Waals surface area contributed by atoms with Crippen LogP contribution in [0.2, 0.25) is 5.02 Å². The van der Waals surface area contributed by atoms with E-state index < -0.39 is 0 Å². The molecule has 1 fully saturated rings. The van der Waals surface area contributed by atoms with Crippen molar-refractivity contribution >= 4 is 17.3 Å². The SMILES string of the molecule is C=CCn1ncc(NCC2(CC)CCC2)c(Cl)c1=O. The van der Waals surface area contributed by atoms with E-state index in [0.717, 1.165) is 13.0 Å². The number of hydrogen-bond acceptors (Lipinski definition) is 3. The summed E-state index contributed by atoms with van der Waals surface area (Å²) in [6, 6.07) is 0.